The van der Waals surface area contributed by atoms with E-state index in [-0.39, 0.29) is 16.1 Å². The third kappa shape index (κ3) is 2.57. The Morgan fingerprint density at radius 1 is 1.35 bits per heavy atom. The highest BCUT2D eigenvalue weighted by molar-refractivity contribution is 6.32. The molecule has 0 fully saturated rings. The van der Waals surface area contributed by atoms with E-state index in [1.165, 1.54) is 35.2 Å². The average molecular weight is 333 g/mol. The highest BCUT2D eigenvalue weighted by atomic mass is 35.5. The van der Waals surface area contributed by atoms with Gasteiger partial charge in [-0.1, -0.05) is 17.7 Å². The molecule has 116 valence electrons. The Kier molecular flexibility index (Phi) is 3.83. The number of halogens is 2. The van der Waals surface area contributed by atoms with Gasteiger partial charge in [0.1, 0.15) is 17.9 Å². The number of aromatic carboxylic acids is 1. The van der Waals surface area contributed by atoms with E-state index in [4.69, 9.17) is 11.6 Å². The first kappa shape index (κ1) is 15.2. The number of hydrogen-bond donors (Lipinski definition) is 1. The summed E-state index contributed by atoms with van der Waals surface area (Å²) in [4.78, 5) is 27.7. The van der Waals surface area contributed by atoms with Gasteiger partial charge in [0.05, 0.1) is 16.1 Å². The summed E-state index contributed by atoms with van der Waals surface area (Å²) in [6.07, 6.45) is 2.67. The highest BCUT2D eigenvalue weighted by Gasteiger charge is 2.17. The van der Waals surface area contributed by atoms with Crippen LogP contribution in [0.25, 0.3) is 16.7 Å². The summed E-state index contributed by atoms with van der Waals surface area (Å²) in [6.45, 7) is -0.663. The molecule has 7 heteroatoms. The highest BCUT2D eigenvalue weighted by Crippen LogP contribution is 2.25. The fraction of sp³-hybridized carbons (Fsp3) is 0.0625. The van der Waals surface area contributed by atoms with Gasteiger partial charge in [-0.2, -0.15) is 0 Å². The van der Waals surface area contributed by atoms with Gasteiger partial charge >= 0.3 is 5.97 Å². The minimum absolute atomic E-state index is 0.165. The van der Waals surface area contributed by atoms with Crippen molar-refractivity contribution >= 4 is 28.6 Å². The second kappa shape index (κ2) is 5.81. The van der Waals surface area contributed by atoms with Crippen molar-refractivity contribution in [2.75, 3.05) is 0 Å². The van der Waals surface area contributed by atoms with E-state index in [9.17, 15) is 19.1 Å². The molecule has 5 nitrogen and oxygen atoms in total. The molecule has 0 saturated carbocycles. The Labute approximate surface area is 134 Å². The van der Waals surface area contributed by atoms with E-state index in [1.807, 2.05) is 0 Å². The van der Waals surface area contributed by atoms with Crippen LogP contribution in [0, 0.1) is 0 Å². The third-order valence-corrected chi connectivity index (χ3v) is 3.72. The number of aromatic nitrogens is 2. The zero-order chi connectivity index (χ0) is 16.6. The zero-order valence-electron chi connectivity index (χ0n) is 11.7. The Bertz CT molecular complexity index is 985. The largest absolute Gasteiger partial charge is 0.477 e. The van der Waals surface area contributed by atoms with Crippen LogP contribution in [0.15, 0.2) is 47.5 Å². The maximum Gasteiger partial charge on any atom is 0.341 e. The molecule has 0 aliphatic carbocycles. The lowest BCUT2D eigenvalue weighted by atomic mass is 10.1. The maximum atomic E-state index is 12.7. The summed E-state index contributed by atoms with van der Waals surface area (Å²) >= 11 is 6.17. The minimum Gasteiger partial charge on any atom is -0.477 e. The number of pyridine rings is 2. The molecule has 0 bridgehead atoms. The molecule has 2 heterocycles. The molecule has 3 aromatic rings. The fourth-order valence-corrected chi connectivity index (χ4v) is 2.62. The molecular formula is C16H10ClFN2O3. The van der Waals surface area contributed by atoms with Gasteiger partial charge in [-0.3, -0.25) is 9.36 Å². The molecule has 0 amide bonds. The van der Waals surface area contributed by atoms with Gasteiger partial charge in [0.15, 0.2) is 0 Å². The minimum atomic E-state index is -1.34. The molecule has 23 heavy (non-hydrogen) atoms. The van der Waals surface area contributed by atoms with Crippen LogP contribution in [0.5, 0.6) is 0 Å². The topological polar surface area (TPSA) is 72.2 Å². The van der Waals surface area contributed by atoms with E-state index in [1.54, 1.807) is 12.1 Å². The van der Waals surface area contributed by atoms with Crippen molar-refractivity contribution in [1.82, 2.24) is 9.55 Å². The number of carbonyl (C=O) groups is 1. The van der Waals surface area contributed by atoms with Crippen molar-refractivity contribution in [1.29, 1.82) is 0 Å². The SMILES string of the molecule is O=C(O)c1cn(-c2ccc(CF)cc2Cl)c2ncccc2c1=O. The standard InChI is InChI=1S/C16H10ClFN2O3/c17-12-6-9(7-18)3-4-13(12)20-8-11(16(22)23)14(21)10-2-1-5-19-15(10)20/h1-6,8H,7H2,(H,22,23). The van der Waals surface area contributed by atoms with Crippen LogP contribution in [0.2, 0.25) is 5.02 Å². The number of benzene rings is 1. The molecular weight excluding hydrogens is 323 g/mol. The van der Waals surface area contributed by atoms with Crippen molar-refractivity contribution in [3.63, 3.8) is 0 Å². The summed E-state index contributed by atoms with van der Waals surface area (Å²) in [6, 6.07) is 7.59. The van der Waals surface area contributed by atoms with Gasteiger partial charge in [0.25, 0.3) is 0 Å². The first-order chi connectivity index (χ1) is 11.0. The second-order valence-corrected chi connectivity index (χ2v) is 5.25. The van der Waals surface area contributed by atoms with Gasteiger partial charge in [-0.15, -0.1) is 0 Å². The van der Waals surface area contributed by atoms with E-state index < -0.39 is 23.6 Å². The zero-order valence-corrected chi connectivity index (χ0v) is 12.4. The van der Waals surface area contributed by atoms with Crippen LogP contribution in [0.1, 0.15) is 15.9 Å². The molecule has 0 saturated heterocycles. The van der Waals surface area contributed by atoms with Crippen LogP contribution in [-0.2, 0) is 6.67 Å². The van der Waals surface area contributed by atoms with Crippen LogP contribution in [0.3, 0.4) is 0 Å². The lowest BCUT2D eigenvalue weighted by Crippen LogP contribution is -2.19. The van der Waals surface area contributed by atoms with E-state index in [0.29, 0.717) is 11.3 Å². The summed E-state index contributed by atoms with van der Waals surface area (Å²) in [7, 11) is 0. The predicted octanol–water partition coefficient (Wildman–Crippen LogP) is 3.21. The molecule has 0 spiro atoms. The van der Waals surface area contributed by atoms with Crippen molar-refractivity contribution in [2.24, 2.45) is 0 Å². The molecule has 2 aromatic heterocycles. The van der Waals surface area contributed by atoms with Crippen LogP contribution in [0.4, 0.5) is 4.39 Å². The maximum absolute atomic E-state index is 12.7. The van der Waals surface area contributed by atoms with E-state index in [0.717, 1.165) is 0 Å². The van der Waals surface area contributed by atoms with Crippen molar-refractivity contribution < 1.29 is 14.3 Å². The summed E-state index contributed by atoms with van der Waals surface area (Å²) in [5, 5.41) is 9.63. The Morgan fingerprint density at radius 2 is 2.13 bits per heavy atom. The molecule has 0 atom stereocenters. The number of alkyl halides is 1. The molecule has 0 radical (unpaired) electrons. The number of rotatable bonds is 3. The molecule has 0 aliphatic heterocycles. The van der Waals surface area contributed by atoms with Crippen molar-refractivity contribution in [3.05, 3.63) is 69.1 Å². The summed E-state index contributed by atoms with van der Waals surface area (Å²) < 4.78 is 14.1. The van der Waals surface area contributed by atoms with Crippen LogP contribution < -0.4 is 5.43 Å². The van der Waals surface area contributed by atoms with Crippen molar-refractivity contribution in [3.8, 4) is 5.69 Å². The lowest BCUT2D eigenvalue weighted by molar-refractivity contribution is 0.0695. The number of nitrogens with zero attached hydrogens (tertiary/aromatic N) is 2. The average Bonchev–Trinajstić information content (AvgIpc) is 2.55. The van der Waals surface area contributed by atoms with Gasteiger partial charge in [-0.25, -0.2) is 14.2 Å². The number of carboxylic acid groups (broad SMARTS) is 1. The van der Waals surface area contributed by atoms with Crippen LogP contribution >= 0.6 is 11.6 Å². The Morgan fingerprint density at radius 3 is 2.78 bits per heavy atom. The number of carboxylic acids is 1. The van der Waals surface area contributed by atoms with Gasteiger partial charge in [0, 0.05) is 12.4 Å². The quantitative estimate of drug-likeness (QED) is 0.799. The van der Waals surface area contributed by atoms with Crippen molar-refractivity contribution in [2.45, 2.75) is 6.67 Å². The molecule has 3 rings (SSSR count). The molecule has 1 aromatic carbocycles. The van der Waals surface area contributed by atoms with E-state index >= 15 is 0 Å². The van der Waals surface area contributed by atoms with Gasteiger partial charge in [-0.05, 0) is 29.8 Å². The Hall–Kier alpha value is -2.73. The third-order valence-electron chi connectivity index (χ3n) is 3.42. The molecule has 1 N–H and O–H groups in total. The van der Waals surface area contributed by atoms with Gasteiger partial charge < -0.3 is 5.11 Å². The smallest absolute Gasteiger partial charge is 0.341 e. The van der Waals surface area contributed by atoms with Gasteiger partial charge in [0.2, 0.25) is 5.43 Å². The molecule has 0 aliphatic rings. The first-order valence-corrected chi connectivity index (χ1v) is 6.99. The fourth-order valence-electron chi connectivity index (χ4n) is 2.33. The first-order valence-electron chi connectivity index (χ1n) is 6.61. The second-order valence-electron chi connectivity index (χ2n) is 4.84. The normalized spacial score (nSPS) is 10.9. The lowest BCUT2D eigenvalue weighted by Gasteiger charge is -2.13. The summed E-state index contributed by atoms with van der Waals surface area (Å²) in [5.74, 6) is -1.34. The van der Waals surface area contributed by atoms with Crippen LogP contribution in [-0.4, -0.2) is 20.6 Å². The Balaban J connectivity index is 2.39. The summed E-state index contributed by atoms with van der Waals surface area (Å²) in [5.41, 5.74) is 0.0764. The predicted molar refractivity (Wildman–Crippen MR) is 84.1 cm³/mol. The number of hydrogen-bond acceptors (Lipinski definition) is 3. The molecule has 0 unspecified atom stereocenters. The number of fused-ring (bicyclic) bond motifs is 1. The van der Waals surface area contributed by atoms with E-state index in [2.05, 4.69) is 4.98 Å². The monoisotopic (exact) mass is 332 g/mol.